The Morgan fingerprint density at radius 2 is 1.77 bits per heavy atom. The minimum Gasteiger partial charge on any atom is -0.497 e. The highest BCUT2D eigenvalue weighted by Gasteiger charge is 2.28. The van der Waals surface area contributed by atoms with Crippen molar-refractivity contribution in [1.82, 2.24) is 9.88 Å². The van der Waals surface area contributed by atoms with Gasteiger partial charge in [0.2, 0.25) is 5.91 Å². The number of nitrogens with zero attached hydrogens (tertiary/aromatic N) is 3. The predicted octanol–water partition coefficient (Wildman–Crippen LogP) is 4.88. The Labute approximate surface area is 186 Å². The SMILES string of the molecule is COc1ccc(C2CCN(CCN(C(=O)C3CCCCC3)c3ccccn3)CC2)cc1. The van der Waals surface area contributed by atoms with Crippen LogP contribution in [0.1, 0.15) is 56.4 Å². The quantitative estimate of drug-likeness (QED) is 0.639. The van der Waals surface area contributed by atoms with Crippen LogP contribution in [0.4, 0.5) is 5.82 Å². The number of anilines is 1. The molecule has 0 spiro atoms. The third-order valence-electron chi connectivity index (χ3n) is 6.96. The first-order valence-corrected chi connectivity index (χ1v) is 11.8. The summed E-state index contributed by atoms with van der Waals surface area (Å²) in [7, 11) is 1.71. The number of carbonyl (C=O) groups excluding carboxylic acids is 1. The van der Waals surface area contributed by atoms with Gasteiger partial charge in [0, 0.05) is 25.2 Å². The van der Waals surface area contributed by atoms with Crippen LogP contribution >= 0.6 is 0 Å². The van der Waals surface area contributed by atoms with Crippen molar-refractivity contribution in [2.45, 2.75) is 50.9 Å². The molecule has 2 heterocycles. The first-order chi connectivity index (χ1) is 15.2. The Hall–Kier alpha value is -2.40. The fourth-order valence-electron chi connectivity index (χ4n) is 5.03. The standard InChI is InChI=1S/C26H35N3O2/c1-31-24-12-10-21(11-13-24)22-14-17-28(18-15-22)19-20-29(25-9-5-6-16-27-25)26(30)23-7-3-2-4-8-23/h5-6,9-13,16,22-23H,2-4,7-8,14-15,17-20H2,1H3. The molecule has 1 amide bonds. The number of hydrogen-bond donors (Lipinski definition) is 0. The molecular weight excluding hydrogens is 386 g/mol. The predicted molar refractivity (Wildman–Crippen MR) is 125 cm³/mol. The normalized spacial score (nSPS) is 18.6. The van der Waals surface area contributed by atoms with E-state index < -0.39 is 0 Å². The summed E-state index contributed by atoms with van der Waals surface area (Å²) in [6.07, 6.45) is 9.76. The van der Waals surface area contributed by atoms with Gasteiger partial charge < -0.3 is 9.64 Å². The maximum atomic E-state index is 13.3. The maximum absolute atomic E-state index is 13.3. The Kier molecular flexibility index (Phi) is 7.57. The molecule has 2 aromatic rings. The lowest BCUT2D eigenvalue weighted by Gasteiger charge is -2.34. The molecule has 0 atom stereocenters. The van der Waals surface area contributed by atoms with Gasteiger partial charge in [0.05, 0.1) is 7.11 Å². The summed E-state index contributed by atoms with van der Waals surface area (Å²) >= 11 is 0. The summed E-state index contributed by atoms with van der Waals surface area (Å²) in [5.74, 6) is 2.76. The van der Waals surface area contributed by atoms with Gasteiger partial charge in [-0.1, -0.05) is 37.5 Å². The number of carbonyl (C=O) groups is 1. The van der Waals surface area contributed by atoms with E-state index in [1.54, 1.807) is 13.3 Å². The van der Waals surface area contributed by atoms with Crippen molar-refractivity contribution in [3.05, 3.63) is 54.2 Å². The van der Waals surface area contributed by atoms with Gasteiger partial charge in [-0.15, -0.1) is 0 Å². The number of likely N-dealkylation sites (tertiary alicyclic amines) is 1. The van der Waals surface area contributed by atoms with Crippen LogP contribution in [0.3, 0.4) is 0 Å². The smallest absolute Gasteiger partial charge is 0.231 e. The molecule has 0 unspecified atom stereocenters. The summed E-state index contributed by atoms with van der Waals surface area (Å²) < 4.78 is 5.28. The topological polar surface area (TPSA) is 45.7 Å². The van der Waals surface area contributed by atoms with Crippen molar-refractivity contribution in [2.24, 2.45) is 5.92 Å². The lowest BCUT2D eigenvalue weighted by atomic mass is 9.88. The van der Waals surface area contributed by atoms with E-state index in [2.05, 4.69) is 34.1 Å². The molecule has 1 aliphatic carbocycles. The average molecular weight is 422 g/mol. The minimum absolute atomic E-state index is 0.163. The van der Waals surface area contributed by atoms with Crippen LogP contribution in [0.15, 0.2) is 48.7 Å². The molecule has 31 heavy (non-hydrogen) atoms. The van der Waals surface area contributed by atoms with Crippen LogP contribution in [0.25, 0.3) is 0 Å². The van der Waals surface area contributed by atoms with Crippen molar-refractivity contribution in [2.75, 3.05) is 38.2 Å². The zero-order chi connectivity index (χ0) is 21.5. The Morgan fingerprint density at radius 1 is 1.03 bits per heavy atom. The highest BCUT2D eigenvalue weighted by atomic mass is 16.5. The number of amides is 1. The zero-order valence-electron chi connectivity index (χ0n) is 18.7. The number of ether oxygens (including phenoxy) is 1. The Balaban J connectivity index is 1.33. The number of piperidine rings is 1. The van der Waals surface area contributed by atoms with Crippen LogP contribution in [-0.4, -0.2) is 49.1 Å². The minimum atomic E-state index is 0.163. The highest BCUT2D eigenvalue weighted by Crippen LogP contribution is 2.30. The number of methoxy groups -OCH3 is 1. The third kappa shape index (κ3) is 5.65. The van der Waals surface area contributed by atoms with E-state index in [4.69, 9.17) is 4.74 Å². The Morgan fingerprint density at radius 3 is 2.42 bits per heavy atom. The fraction of sp³-hybridized carbons (Fsp3) is 0.538. The first kappa shape index (κ1) is 21.8. The van der Waals surface area contributed by atoms with Gasteiger partial charge in [-0.3, -0.25) is 9.69 Å². The van der Waals surface area contributed by atoms with E-state index in [1.807, 2.05) is 23.1 Å². The van der Waals surface area contributed by atoms with Gasteiger partial charge in [0.25, 0.3) is 0 Å². The van der Waals surface area contributed by atoms with Gasteiger partial charge in [-0.25, -0.2) is 4.98 Å². The van der Waals surface area contributed by atoms with E-state index in [0.29, 0.717) is 5.92 Å². The van der Waals surface area contributed by atoms with Crippen LogP contribution in [0.5, 0.6) is 5.75 Å². The highest BCUT2D eigenvalue weighted by molar-refractivity contribution is 5.94. The van der Waals surface area contributed by atoms with Gasteiger partial charge in [-0.2, -0.15) is 0 Å². The van der Waals surface area contributed by atoms with E-state index in [1.165, 1.54) is 24.8 Å². The molecule has 4 rings (SSSR count). The molecular formula is C26H35N3O2. The van der Waals surface area contributed by atoms with Crippen LogP contribution < -0.4 is 9.64 Å². The molecule has 2 fully saturated rings. The number of benzene rings is 1. The molecule has 166 valence electrons. The third-order valence-corrected chi connectivity index (χ3v) is 6.96. The van der Waals surface area contributed by atoms with Crippen LogP contribution in [0, 0.1) is 5.92 Å². The van der Waals surface area contributed by atoms with Crippen molar-refractivity contribution in [3.8, 4) is 5.75 Å². The van der Waals surface area contributed by atoms with Gasteiger partial charge >= 0.3 is 0 Å². The molecule has 5 heteroatoms. The number of aromatic nitrogens is 1. The summed E-state index contributed by atoms with van der Waals surface area (Å²) in [6.45, 7) is 3.78. The van der Waals surface area contributed by atoms with Crippen LogP contribution in [0.2, 0.25) is 0 Å². The van der Waals surface area contributed by atoms with Crippen molar-refractivity contribution in [3.63, 3.8) is 0 Å². The van der Waals surface area contributed by atoms with Gasteiger partial charge in [0.15, 0.2) is 0 Å². The van der Waals surface area contributed by atoms with E-state index in [-0.39, 0.29) is 11.8 Å². The molecule has 0 N–H and O–H groups in total. The summed E-state index contributed by atoms with van der Waals surface area (Å²) in [4.78, 5) is 22.3. The Bertz CT molecular complexity index is 810. The second-order valence-electron chi connectivity index (χ2n) is 8.90. The molecule has 0 radical (unpaired) electrons. The van der Waals surface area contributed by atoms with E-state index in [9.17, 15) is 4.79 Å². The van der Waals surface area contributed by atoms with E-state index in [0.717, 1.165) is 63.4 Å². The zero-order valence-corrected chi connectivity index (χ0v) is 18.7. The average Bonchev–Trinajstić information content (AvgIpc) is 2.86. The van der Waals surface area contributed by atoms with Crippen LogP contribution in [-0.2, 0) is 4.79 Å². The van der Waals surface area contributed by atoms with E-state index >= 15 is 0 Å². The number of hydrogen-bond acceptors (Lipinski definition) is 4. The molecule has 1 aliphatic heterocycles. The lowest BCUT2D eigenvalue weighted by Crippen LogP contribution is -2.44. The largest absolute Gasteiger partial charge is 0.497 e. The van der Waals surface area contributed by atoms with Crippen molar-refractivity contribution in [1.29, 1.82) is 0 Å². The summed E-state index contributed by atoms with van der Waals surface area (Å²) in [5.41, 5.74) is 1.41. The molecule has 1 saturated carbocycles. The monoisotopic (exact) mass is 421 g/mol. The van der Waals surface area contributed by atoms with Crippen molar-refractivity contribution >= 4 is 11.7 Å². The summed E-state index contributed by atoms with van der Waals surface area (Å²) in [5, 5.41) is 0. The lowest BCUT2D eigenvalue weighted by molar-refractivity contribution is -0.123. The number of rotatable bonds is 7. The summed E-state index contributed by atoms with van der Waals surface area (Å²) in [6, 6.07) is 14.4. The van der Waals surface area contributed by atoms with Gasteiger partial charge in [-0.05, 0) is 74.5 Å². The molecule has 2 aliphatic rings. The fourth-order valence-corrected chi connectivity index (χ4v) is 5.03. The molecule has 1 aromatic heterocycles. The maximum Gasteiger partial charge on any atom is 0.231 e. The molecule has 5 nitrogen and oxygen atoms in total. The molecule has 1 saturated heterocycles. The molecule has 1 aromatic carbocycles. The van der Waals surface area contributed by atoms with Gasteiger partial charge in [0.1, 0.15) is 11.6 Å². The molecule has 0 bridgehead atoms. The second-order valence-corrected chi connectivity index (χ2v) is 8.90. The van der Waals surface area contributed by atoms with Crippen molar-refractivity contribution < 1.29 is 9.53 Å². The second kappa shape index (κ2) is 10.8. The first-order valence-electron chi connectivity index (χ1n) is 11.8. The number of pyridine rings is 1.